The van der Waals surface area contributed by atoms with Crippen LogP contribution in [-0.4, -0.2) is 43.7 Å². The van der Waals surface area contributed by atoms with Crippen molar-refractivity contribution in [1.82, 2.24) is 4.90 Å². The summed E-state index contributed by atoms with van der Waals surface area (Å²) in [5.74, 6) is -0.193. The summed E-state index contributed by atoms with van der Waals surface area (Å²) in [4.78, 5) is 14.1. The smallest absolute Gasteiger partial charge is 0.308 e. The van der Waals surface area contributed by atoms with E-state index in [1.54, 1.807) is 0 Å². The van der Waals surface area contributed by atoms with E-state index in [0.29, 0.717) is 6.42 Å². The zero-order chi connectivity index (χ0) is 15.4. The van der Waals surface area contributed by atoms with Crippen LogP contribution in [0.2, 0.25) is 0 Å². The molecule has 4 nitrogen and oxygen atoms in total. The van der Waals surface area contributed by atoms with Crippen molar-refractivity contribution in [3.63, 3.8) is 0 Å². The predicted molar refractivity (Wildman–Crippen MR) is 84.7 cm³/mol. The van der Waals surface area contributed by atoms with E-state index in [1.165, 1.54) is 37.5 Å². The Morgan fingerprint density at radius 1 is 1.27 bits per heavy atom. The summed E-state index contributed by atoms with van der Waals surface area (Å²) in [6.45, 7) is 3.24. The molecule has 1 saturated heterocycles. The van der Waals surface area contributed by atoms with E-state index in [9.17, 15) is 4.79 Å². The van der Waals surface area contributed by atoms with Gasteiger partial charge < -0.3 is 14.4 Å². The lowest BCUT2D eigenvalue weighted by Gasteiger charge is -2.36. The monoisotopic (exact) mass is 303 g/mol. The van der Waals surface area contributed by atoms with E-state index in [2.05, 4.69) is 29.2 Å². The van der Waals surface area contributed by atoms with Crippen LogP contribution >= 0.6 is 0 Å². The van der Waals surface area contributed by atoms with Gasteiger partial charge in [0.05, 0.1) is 25.7 Å². The van der Waals surface area contributed by atoms with Gasteiger partial charge in [-0.3, -0.25) is 4.79 Å². The third-order valence-corrected chi connectivity index (χ3v) is 4.70. The molecule has 1 aromatic carbocycles. The maximum atomic E-state index is 11.6. The lowest BCUT2D eigenvalue weighted by atomic mass is 9.92. The standard InChI is InChI=1S/C18H25NO3/c1-21-18(20)12-15-11-14-7-3-4-8-16(14)17(22-15)13-19-9-5-2-6-10-19/h3-4,7-8,15,17H,2,5-6,9-13H2,1H3/t15-,17-/m0/s1. The number of carbonyl (C=O) groups is 1. The van der Waals surface area contributed by atoms with Crippen LogP contribution in [0.25, 0.3) is 0 Å². The molecule has 4 heteroatoms. The van der Waals surface area contributed by atoms with Crippen molar-refractivity contribution in [3.8, 4) is 0 Å². The van der Waals surface area contributed by atoms with Crippen molar-refractivity contribution < 1.29 is 14.3 Å². The fourth-order valence-electron chi connectivity index (χ4n) is 3.54. The first-order valence-corrected chi connectivity index (χ1v) is 8.28. The highest BCUT2D eigenvalue weighted by Crippen LogP contribution is 2.32. The molecule has 2 aliphatic rings. The van der Waals surface area contributed by atoms with E-state index < -0.39 is 0 Å². The second-order valence-corrected chi connectivity index (χ2v) is 6.29. The SMILES string of the molecule is COC(=O)C[C@@H]1Cc2ccccc2[C@H](CN2CCCCC2)O1. The van der Waals surface area contributed by atoms with Crippen LogP contribution in [0.1, 0.15) is 42.9 Å². The van der Waals surface area contributed by atoms with Gasteiger partial charge >= 0.3 is 5.97 Å². The Kier molecular flexibility index (Phi) is 5.11. The van der Waals surface area contributed by atoms with Crippen molar-refractivity contribution in [3.05, 3.63) is 35.4 Å². The largest absolute Gasteiger partial charge is 0.469 e. The summed E-state index contributed by atoms with van der Waals surface area (Å²) in [7, 11) is 1.43. The number of esters is 1. The number of methoxy groups -OCH3 is 1. The van der Waals surface area contributed by atoms with Crippen LogP contribution in [-0.2, 0) is 20.7 Å². The lowest BCUT2D eigenvalue weighted by Crippen LogP contribution is -2.38. The van der Waals surface area contributed by atoms with Gasteiger partial charge in [-0.15, -0.1) is 0 Å². The van der Waals surface area contributed by atoms with E-state index in [-0.39, 0.29) is 18.2 Å². The topological polar surface area (TPSA) is 38.8 Å². The van der Waals surface area contributed by atoms with Crippen molar-refractivity contribution in [2.75, 3.05) is 26.7 Å². The number of nitrogens with zero attached hydrogens (tertiary/aromatic N) is 1. The number of carbonyl (C=O) groups excluding carboxylic acids is 1. The summed E-state index contributed by atoms with van der Waals surface area (Å²) >= 11 is 0. The Hall–Kier alpha value is -1.39. The summed E-state index contributed by atoms with van der Waals surface area (Å²) in [5.41, 5.74) is 2.60. The zero-order valence-corrected chi connectivity index (χ0v) is 13.3. The fraction of sp³-hybridized carbons (Fsp3) is 0.611. The van der Waals surface area contributed by atoms with Gasteiger partial charge in [-0.2, -0.15) is 0 Å². The fourth-order valence-corrected chi connectivity index (χ4v) is 3.54. The summed E-state index contributed by atoms with van der Waals surface area (Å²) in [5, 5.41) is 0. The number of hydrogen-bond donors (Lipinski definition) is 0. The number of rotatable bonds is 4. The molecule has 0 radical (unpaired) electrons. The Morgan fingerprint density at radius 3 is 2.82 bits per heavy atom. The Bertz CT molecular complexity index is 511. The molecule has 0 N–H and O–H groups in total. The normalized spacial score (nSPS) is 25.5. The van der Waals surface area contributed by atoms with Crippen LogP contribution in [0.15, 0.2) is 24.3 Å². The Labute approximate surface area is 132 Å². The molecule has 0 spiro atoms. The highest BCUT2D eigenvalue weighted by Gasteiger charge is 2.30. The molecule has 0 bridgehead atoms. The van der Waals surface area contributed by atoms with Crippen LogP contribution in [0.5, 0.6) is 0 Å². The van der Waals surface area contributed by atoms with Crippen LogP contribution in [0, 0.1) is 0 Å². The summed E-state index contributed by atoms with van der Waals surface area (Å²) in [6.07, 6.45) is 5.02. The number of likely N-dealkylation sites (tertiary alicyclic amines) is 1. The van der Waals surface area contributed by atoms with Crippen molar-refractivity contribution in [1.29, 1.82) is 0 Å². The maximum Gasteiger partial charge on any atom is 0.308 e. The quantitative estimate of drug-likeness (QED) is 0.802. The Balaban J connectivity index is 1.73. The van der Waals surface area contributed by atoms with Gasteiger partial charge in [-0.25, -0.2) is 0 Å². The van der Waals surface area contributed by atoms with Gasteiger partial charge in [-0.1, -0.05) is 30.7 Å². The molecule has 1 fully saturated rings. The second kappa shape index (κ2) is 7.25. The van der Waals surface area contributed by atoms with Crippen LogP contribution in [0.3, 0.4) is 0 Å². The van der Waals surface area contributed by atoms with Crippen molar-refractivity contribution >= 4 is 5.97 Å². The first-order valence-electron chi connectivity index (χ1n) is 8.28. The summed E-state index contributed by atoms with van der Waals surface area (Å²) < 4.78 is 11.0. The lowest BCUT2D eigenvalue weighted by molar-refractivity contribution is -0.146. The number of hydrogen-bond acceptors (Lipinski definition) is 4. The number of ether oxygens (including phenoxy) is 2. The molecule has 120 valence electrons. The van der Waals surface area contributed by atoms with Crippen LogP contribution in [0.4, 0.5) is 0 Å². The molecule has 22 heavy (non-hydrogen) atoms. The highest BCUT2D eigenvalue weighted by atomic mass is 16.5. The van der Waals surface area contributed by atoms with Gasteiger partial charge in [-0.05, 0) is 43.5 Å². The molecule has 2 heterocycles. The van der Waals surface area contributed by atoms with E-state index in [0.717, 1.165) is 26.1 Å². The molecule has 0 aromatic heterocycles. The molecular weight excluding hydrogens is 278 g/mol. The molecule has 3 rings (SSSR count). The minimum absolute atomic E-state index is 0.0673. The Morgan fingerprint density at radius 2 is 2.05 bits per heavy atom. The third-order valence-electron chi connectivity index (χ3n) is 4.70. The van der Waals surface area contributed by atoms with Crippen LogP contribution < -0.4 is 0 Å². The number of benzene rings is 1. The van der Waals surface area contributed by atoms with Gasteiger partial charge in [0, 0.05) is 6.54 Å². The molecule has 1 aromatic rings. The molecule has 0 saturated carbocycles. The molecule has 0 aliphatic carbocycles. The van der Waals surface area contributed by atoms with Gasteiger partial charge in [0.1, 0.15) is 0 Å². The van der Waals surface area contributed by atoms with Gasteiger partial charge in [0.25, 0.3) is 0 Å². The second-order valence-electron chi connectivity index (χ2n) is 6.29. The maximum absolute atomic E-state index is 11.6. The third kappa shape index (κ3) is 3.68. The minimum Gasteiger partial charge on any atom is -0.469 e. The van der Waals surface area contributed by atoms with Gasteiger partial charge in [0.2, 0.25) is 0 Å². The molecular formula is C18H25NO3. The molecule has 0 unspecified atom stereocenters. The summed E-state index contributed by atoms with van der Waals surface area (Å²) in [6, 6.07) is 8.47. The average Bonchev–Trinajstić information content (AvgIpc) is 2.55. The van der Waals surface area contributed by atoms with Gasteiger partial charge in [0.15, 0.2) is 0 Å². The predicted octanol–water partition coefficient (Wildman–Crippen LogP) is 2.72. The minimum atomic E-state index is -0.193. The van der Waals surface area contributed by atoms with E-state index >= 15 is 0 Å². The highest BCUT2D eigenvalue weighted by molar-refractivity contribution is 5.69. The first kappa shape index (κ1) is 15.5. The molecule has 2 atom stereocenters. The van der Waals surface area contributed by atoms with E-state index in [1.807, 2.05) is 0 Å². The zero-order valence-electron chi connectivity index (χ0n) is 13.3. The van der Waals surface area contributed by atoms with E-state index in [4.69, 9.17) is 9.47 Å². The first-order chi connectivity index (χ1) is 10.8. The number of fused-ring (bicyclic) bond motifs is 1. The van der Waals surface area contributed by atoms with Crippen molar-refractivity contribution in [2.24, 2.45) is 0 Å². The number of piperidine rings is 1. The van der Waals surface area contributed by atoms with Crippen molar-refractivity contribution in [2.45, 2.75) is 44.3 Å². The molecule has 2 aliphatic heterocycles. The molecule has 0 amide bonds. The average molecular weight is 303 g/mol.